The molecule has 2 atom stereocenters. The maximum absolute atomic E-state index is 13.5. The average Bonchev–Trinajstić information content (AvgIpc) is 3.35. The highest BCUT2D eigenvalue weighted by molar-refractivity contribution is 8.25. The average molecular weight is 676 g/mol. The Morgan fingerprint density at radius 3 is 2.17 bits per heavy atom. The summed E-state index contributed by atoms with van der Waals surface area (Å²) in [6, 6.07) is 13.7. The number of halogens is 6. The molecule has 0 saturated carbocycles. The summed E-state index contributed by atoms with van der Waals surface area (Å²) >= 11 is 0. The highest BCUT2D eigenvalue weighted by atomic mass is 32.3. The van der Waals surface area contributed by atoms with Crippen LogP contribution in [0.4, 0.5) is 32.0 Å². The Morgan fingerprint density at radius 2 is 1.61 bits per heavy atom. The number of ether oxygens (including phenoxy) is 1. The minimum atomic E-state index is -4.99. The molecule has 1 fully saturated rings. The zero-order valence-electron chi connectivity index (χ0n) is 24.7. The largest absolute Gasteiger partial charge is 0.494 e. The Kier molecular flexibility index (Phi) is 11.2. The van der Waals surface area contributed by atoms with Gasteiger partial charge in [0.25, 0.3) is 5.91 Å². The molecule has 1 heterocycles. The maximum atomic E-state index is 13.5. The minimum Gasteiger partial charge on any atom is -0.494 e. The number of amides is 1. The van der Waals surface area contributed by atoms with Gasteiger partial charge in [0.2, 0.25) is 0 Å². The van der Waals surface area contributed by atoms with Crippen LogP contribution >= 0.6 is 10.8 Å². The van der Waals surface area contributed by atoms with E-state index in [0.717, 1.165) is 5.56 Å². The molecular weight excluding hydrogens is 640 g/mol. The van der Waals surface area contributed by atoms with E-state index >= 15 is 0 Å². The summed E-state index contributed by atoms with van der Waals surface area (Å²) in [6.07, 6.45) is -10.6. The zero-order valence-corrected chi connectivity index (χ0v) is 25.6. The summed E-state index contributed by atoms with van der Waals surface area (Å²) in [5.74, 6) is -0.122. The van der Waals surface area contributed by atoms with Crippen LogP contribution < -0.4 is 19.7 Å². The van der Waals surface area contributed by atoms with Crippen LogP contribution in [0.3, 0.4) is 0 Å². The van der Waals surface area contributed by atoms with Gasteiger partial charge in [-0.1, -0.05) is 30.3 Å². The second kappa shape index (κ2) is 14.5. The van der Waals surface area contributed by atoms with Crippen LogP contribution in [0.25, 0.3) is 0 Å². The monoisotopic (exact) mass is 675 g/mol. The Bertz CT molecular complexity index is 1460. The van der Waals surface area contributed by atoms with Crippen LogP contribution in [0.2, 0.25) is 0 Å². The fraction of sp³-hybridized carbons (Fsp3) is 0.387. The Hall–Kier alpha value is -3.50. The highest BCUT2D eigenvalue weighted by Gasteiger charge is 2.37. The first-order valence-corrected chi connectivity index (χ1v) is 16.1. The van der Waals surface area contributed by atoms with Gasteiger partial charge in [-0.2, -0.15) is 26.3 Å². The number of nitrogens with zero attached hydrogens (tertiary/aromatic N) is 1. The smallest absolute Gasteiger partial charge is 0.416 e. The van der Waals surface area contributed by atoms with E-state index in [1.54, 1.807) is 43.3 Å². The molecule has 3 aromatic rings. The third-order valence-electron chi connectivity index (χ3n) is 7.29. The lowest BCUT2D eigenvalue weighted by Crippen LogP contribution is -2.48. The molecule has 0 spiro atoms. The normalized spacial score (nSPS) is 17.0. The van der Waals surface area contributed by atoms with E-state index < -0.39 is 58.9 Å². The van der Waals surface area contributed by atoms with Crippen LogP contribution in [0, 0.1) is 0 Å². The predicted molar refractivity (Wildman–Crippen MR) is 163 cm³/mol. The summed E-state index contributed by atoms with van der Waals surface area (Å²) in [5.41, 5.74) is -1.95. The van der Waals surface area contributed by atoms with Crippen molar-refractivity contribution in [1.82, 2.24) is 10.6 Å². The molecule has 0 bridgehead atoms. The second-order valence-corrected chi connectivity index (χ2v) is 12.9. The number of benzene rings is 3. The molecule has 3 aromatic carbocycles. The maximum Gasteiger partial charge on any atom is 0.416 e. The fourth-order valence-corrected chi connectivity index (χ4v) is 6.70. The van der Waals surface area contributed by atoms with Crippen molar-refractivity contribution in [3.05, 3.63) is 94.5 Å². The number of nitrogens with one attached hydrogen (secondary N) is 2. The molecule has 46 heavy (non-hydrogen) atoms. The summed E-state index contributed by atoms with van der Waals surface area (Å²) in [6.45, 7) is 1.68. The third-order valence-corrected chi connectivity index (χ3v) is 9.23. The first-order chi connectivity index (χ1) is 21.6. The molecule has 15 heteroatoms. The standard InChI is InChI=1S/C31H35F6N3O5S/c1-2-45-26-15-22(14-25(17-26)40-9-6-10-46(40,43)44)29(42)39-27(13-20-7-4-3-5-8-20)28(41)19-38-18-21-11-23(30(32,33)34)16-24(12-21)31(35,36)37/h3-5,7-8,11-12,14-17,27-28,38,41,43-44H,2,6,9-10,13,18-19H2,1H3,(H,39,42)/t27-,28+/m0/s1. The Morgan fingerprint density at radius 1 is 0.957 bits per heavy atom. The van der Waals surface area contributed by atoms with Crippen molar-refractivity contribution in [3.8, 4) is 5.75 Å². The van der Waals surface area contributed by atoms with E-state index in [1.807, 2.05) is 0 Å². The number of aliphatic hydroxyl groups is 1. The lowest BCUT2D eigenvalue weighted by Gasteiger charge is -2.38. The van der Waals surface area contributed by atoms with Crippen molar-refractivity contribution < 1.29 is 50.1 Å². The van der Waals surface area contributed by atoms with Gasteiger partial charge in [-0.05, 0) is 61.2 Å². The molecular formula is C31H35F6N3O5S. The SMILES string of the molecule is CCOc1cc(C(=O)N[C@@H](Cc2ccccc2)[C@H](O)CNCc2cc(C(F)(F)F)cc(C(F)(F)F)c2)cc(N2CCCS2(O)O)c1. The molecule has 5 N–H and O–H groups in total. The zero-order chi connectivity index (χ0) is 33.7. The third kappa shape index (κ3) is 9.28. The molecule has 1 amide bonds. The van der Waals surface area contributed by atoms with E-state index in [9.17, 15) is 45.3 Å². The van der Waals surface area contributed by atoms with E-state index in [1.165, 1.54) is 16.4 Å². The van der Waals surface area contributed by atoms with Crippen molar-refractivity contribution >= 4 is 22.4 Å². The number of hydrogen-bond donors (Lipinski definition) is 5. The lowest BCUT2D eigenvalue weighted by atomic mass is 10.00. The van der Waals surface area contributed by atoms with Gasteiger partial charge in [0, 0.05) is 31.3 Å². The molecule has 8 nitrogen and oxygen atoms in total. The minimum absolute atomic E-state index is 0.0435. The van der Waals surface area contributed by atoms with Crippen LogP contribution in [0.15, 0.2) is 66.7 Å². The Labute approximate surface area is 263 Å². The molecule has 1 saturated heterocycles. The number of rotatable bonds is 12. The quantitative estimate of drug-likeness (QED) is 0.140. The van der Waals surface area contributed by atoms with Gasteiger partial charge in [0.05, 0.1) is 41.3 Å². The molecule has 0 aliphatic carbocycles. The van der Waals surface area contributed by atoms with Crippen LogP contribution in [0.1, 0.15) is 46.0 Å². The van der Waals surface area contributed by atoms with Gasteiger partial charge >= 0.3 is 12.4 Å². The van der Waals surface area contributed by atoms with E-state index in [0.29, 0.717) is 36.5 Å². The molecule has 4 rings (SSSR count). The van der Waals surface area contributed by atoms with Crippen molar-refractivity contribution in [2.45, 2.75) is 50.8 Å². The van der Waals surface area contributed by atoms with Crippen LogP contribution in [0.5, 0.6) is 5.75 Å². The van der Waals surface area contributed by atoms with Gasteiger partial charge in [-0.3, -0.25) is 18.2 Å². The second-order valence-electron chi connectivity index (χ2n) is 10.8. The molecule has 0 radical (unpaired) electrons. The Balaban J connectivity index is 1.54. The number of carbonyl (C=O) groups is 1. The summed E-state index contributed by atoms with van der Waals surface area (Å²) in [5, 5.41) is 16.6. The van der Waals surface area contributed by atoms with Crippen molar-refractivity contribution in [2.24, 2.45) is 0 Å². The van der Waals surface area contributed by atoms with Gasteiger partial charge in [-0.15, -0.1) is 10.8 Å². The van der Waals surface area contributed by atoms with Gasteiger partial charge in [-0.25, -0.2) is 0 Å². The van der Waals surface area contributed by atoms with Crippen molar-refractivity contribution in [2.75, 3.05) is 29.8 Å². The number of anilines is 1. The molecule has 0 aromatic heterocycles. The van der Waals surface area contributed by atoms with Crippen molar-refractivity contribution in [1.29, 1.82) is 0 Å². The summed E-state index contributed by atoms with van der Waals surface area (Å²) < 4.78 is 108. The van der Waals surface area contributed by atoms with Crippen LogP contribution in [-0.4, -0.2) is 57.7 Å². The number of aliphatic hydroxyl groups excluding tert-OH is 1. The molecule has 252 valence electrons. The van der Waals surface area contributed by atoms with Gasteiger partial charge in [0.1, 0.15) is 5.75 Å². The van der Waals surface area contributed by atoms with Gasteiger partial charge in [0.15, 0.2) is 0 Å². The number of alkyl halides is 6. The fourth-order valence-electron chi connectivity index (χ4n) is 5.10. The van der Waals surface area contributed by atoms with E-state index in [-0.39, 0.29) is 42.5 Å². The van der Waals surface area contributed by atoms with Gasteiger partial charge < -0.3 is 20.5 Å². The first kappa shape index (κ1) is 35.4. The van der Waals surface area contributed by atoms with Crippen molar-refractivity contribution in [3.63, 3.8) is 0 Å². The lowest BCUT2D eigenvalue weighted by molar-refractivity contribution is -0.143. The highest BCUT2D eigenvalue weighted by Crippen LogP contribution is 2.51. The summed E-state index contributed by atoms with van der Waals surface area (Å²) in [4.78, 5) is 13.5. The molecule has 1 aliphatic rings. The summed E-state index contributed by atoms with van der Waals surface area (Å²) in [7, 11) is -3.07. The number of carbonyl (C=O) groups excluding carboxylic acids is 1. The first-order valence-electron chi connectivity index (χ1n) is 14.4. The van der Waals surface area contributed by atoms with E-state index in [4.69, 9.17) is 4.74 Å². The molecule has 0 unspecified atom stereocenters. The number of hydrogen-bond acceptors (Lipinski definition) is 7. The van der Waals surface area contributed by atoms with E-state index in [2.05, 4.69) is 10.6 Å². The van der Waals surface area contributed by atoms with Crippen LogP contribution in [-0.2, 0) is 25.3 Å². The topological polar surface area (TPSA) is 114 Å². The molecule has 1 aliphatic heterocycles. The predicted octanol–water partition coefficient (Wildman–Crippen LogP) is 6.49.